The predicted molar refractivity (Wildman–Crippen MR) is 111 cm³/mol. The van der Waals surface area contributed by atoms with Crippen LogP contribution in [0.3, 0.4) is 0 Å². The molecular formula is C21H25FN6O. The highest BCUT2D eigenvalue weighted by Crippen LogP contribution is 2.21. The molecular weight excluding hydrogens is 371 g/mol. The molecule has 0 fully saturated rings. The van der Waals surface area contributed by atoms with Gasteiger partial charge in [0.05, 0.1) is 11.4 Å². The molecule has 0 spiro atoms. The van der Waals surface area contributed by atoms with E-state index in [2.05, 4.69) is 39.6 Å². The number of hydrogen-bond acceptors (Lipinski definition) is 5. The summed E-state index contributed by atoms with van der Waals surface area (Å²) in [5.74, 6) is -0.341. The van der Waals surface area contributed by atoms with Crippen LogP contribution in [0.15, 0.2) is 42.5 Å². The van der Waals surface area contributed by atoms with E-state index in [9.17, 15) is 9.18 Å². The summed E-state index contributed by atoms with van der Waals surface area (Å²) in [4.78, 5) is 14.9. The van der Waals surface area contributed by atoms with Crippen LogP contribution in [0.5, 0.6) is 0 Å². The van der Waals surface area contributed by atoms with E-state index in [1.165, 1.54) is 16.8 Å². The van der Waals surface area contributed by atoms with E-state index in [-0.39, 0.29) is 11.6 Å². The zero-order chi connectivity index (χ0) is 20.8. The number of nitrogens with one attached hydrogen (secondary N) is 1. The molecule has 1 amide bonds. The van der Waals surface area contributed by atoms with Crippen LogP contribution in [0.1, 0.15) is 42.9 Å². The summed E-state index contributed by atoms with van der Waals surface area (Å²) in [6.07, 6.45) is 2.25. The van der Waals surface area contributed by atoms with Crippen molar-refractivity contribution in [2.75, 3.05) is 23.3 Å². The average molecular weight is 396 g/mol. The van der Waals surface area contributed by atoms with Crippen molar-refractivity contribution in [2.45, 2.75) is 33.6 Å². The number of amides is 1. The Bertz CT molecular complexity index is 970. The monoisotopic (exact) mass is 396 g/mol. The van der Waals surface area contributed by atoms with Gasteiger partial charge >= 0.3 is 0 Å². The van der Waals surface area contributed by atoms with Gasteiger partial charge in [-0.25, -0.2) is 4.39 Å². The van der Waals surface area contributed by atoms with E-state index in [1.54, 1.807) is 25.1 Å². The smallest absolute Gasteiger partial charge is 0.255 e. The van der Waals surface area contributed by atoms with Crippen LogP contribution < -0.4 is 10.2 Å². The van der Waals surface area contributed by atoms with Gasteiger partial charge in [0, 0.05) is 24.3 Å². The zero-order valence-electron chi connectivity index (χ0n) is 16.9. The number of hydrogen-bond donors (Lipinski definition) is 1. The lowest BCUT2D eigenvalue weighted by Crippen LogP contribution is -2.23. The Morgan fingerprint density at radius 2 is 1.93 bits per heavy atom. The maximum atomic E-state index is 14.2. The fourth-order valence-corrected chi connectivity index (χ4v) is 3.05. The minimum Gasteiger partial charge on any atom is -0.372 e. The molecule has 2 aromatic carbocycles. The molecule has 29 heavy (non-hydrogen) atoms. The van der Waals surface area contributed by atoms with E-state index in [1.807, 2.05) is 12.1 Å². The molecule has 8 heteroatoms. The van der Waals surface area contributed by atoms with Gasteiger partial charge in [0.15, 0.2) is 5.82 Å². The maximum absolute atomic E-state index is 14.2. The van der Waals surface area contributed by atoms with Crippen LogP contribution in [0.2, 0.25) is 0 Å². The molecule has 0 atom stereocenters. The largest absolute Gasteiger partial charge is 0.372 e. The van der Waals surface area contributed by atoms with Crippen molar-refractivity contribution < 1.29 is 9.18 Å². The molecule has 1 aromatic heterocycles. The average Bonchev–Trinajstić information content (AvgIpc) is 3.16. The molecule has 1 N–H and O–H groups in total. The lowest BCUT2D eigenvalue weighted by atomic mass is 10.1. The Balaban J connectivity index is 1.76. The van der Waals surface area contributed by atoms with E-state index in [0.29, 0.717) is 17.1 Å². The van der Waals surface area contributed by atoms with Gasteiger partial charge in [-0.15, -0.1) is 5.10 Å². The van der Waals surface area contributed by atoms with Gasteiger partial charge in [0.25, 0.3) is 5.91 Å². The minimum absolute atomic E-state index is 0.0737. The van der Waals surface area contributed by atoms with Crippen LogP contribution in [0.25, 0.3) is 5.69 Å². The van der Waals surface area contributed by atoms with Gasteiger partial charge in [-0.3, -0.25) is 4.79 Å². The molecule has 0 saturated heterocycles. The lowest BCUT2D eigenvalue weighted by molar-refractivity contribution is 0.102. The van der Waals surface area contributed by atoms with Crippen LogP contribution in [0, 0.1) is 12.7 Å². The number of benzene rings is 2. The van der Waals surface area contributed by atoms with Gasteiger partial charge < -0.3 is 10.2 Å². The number of rotatable bonds is 8. The Morgan fingerprint density at radius 1 is 1.17 bits per heavy atom. The van der Waals surface area contributed by atoms with Gasteiger partial charge in [0.1, 0.15) is 5.82 Å². The number of unbranched alkanes of at least 4 members (excludes halogenated alkanes) is 1. The number of carbonyl (C=O) groups excluding carboxylic acids is 1. The first-order valence-corrected chi connectivity index (χ1v) is 9.74. The highest BCUT2D eigenvalue weighted by atomic mass is 19.1. The molecule has 0 aliphatic carbocycles. The summed E-state index contributed by atoms with van der Waals surface area (Å²) in [6, 6.07) is 11.7. The highest BCUT2D eigenvalue weighted by Gasteiger charge is 2.13. The Hall–Kier alpha value is -3.29. The third-order valence-electron chi connectivity index (χ3n) is 4.73. The predicted octanol–water partition coefficient (Wildman–Crippen LogP) is 3.99. The second kappa shape index (κ2) is 9.27. The Labute approximate surface area is 169 Å². The van der Waals surface area contributed by atoms with Crippen LogP contribution >= 0.6 is 0 Å². The first-order chi connectivity index (χ1) is 14.0. The van der Waals surface area contributed by atoms with E-state index < -0.39 is 5.82 Å². The molecule has 152 valence electrons. The molecule has 0 saturated carbocycles. The number of aryl methyl sites for hydroxylation is 1. The second-order valence-electron chi connectivity index (χ2n) is 6.74. The van der Waals surface area contributed by atoms with Crippen LogP contribution in [-0.4, -0.2) is 39.2 Å². The molecule has 0 unspecified atom stereocenters. The van der Waals surface area contributed by atoms with Crippen molar-refractivity contribution in [3.05, 3.63) is 59.7 Å². The van der Waals surface area contributed by atoms with Crippen molar-refractivity contribution in [2.24, 2.45) is 0 Å². The van der Waals surface area contributed by atoms with E-state index >= 15 is 0 Å². The summed E-state index contributed by atoms with van der Waals surface area (Å²) in [6.45, 7) is 7.89. The van der Waals surface area contributed by atoms with Crippen molar-refractivity contribution in [3.63, 3.8) is 0 Å². The highest BCUT2D eigenvalue weighted by molar-refractivity contribution is 6.04. The number of tetrazole rings is 1. The first kappa shape index (κ1) is 20.4. The molecule has 0 bridgehead atoms. The number of aromatic nitrogens is 4. The molecule has 0 radical (unpaired) electrons. The quantitative estimate of drug-likeness (QED) is 0.623. The fraction of sp³-hybridized carbons (Fsp3) is 0.333. The van der Waals surface area contributed by atoms with Gasteiger partial charge in [-0.2, -0.15) is 4.68 Å². The molecule has 0 aliphatic heterocycles. The van der Waals surface area contributed by atoms with Crippen LogP contribution in [-0.2, 0) is 0 Å². The zero-order valence-corrected chi connectivity index (χ0v) is 16.9. The van der Waals surface area contributed by atoms with Crippen molar-refractivity contribution in [1.29, 1.82) is 0 Å². The molecule has 1 heterocycles. The summed E-state index contributed by atoms with van der Waals surface area (Å²) < 4.78 is 15.7. The number of carbonyl (C=O) groups is 1. The minimum atomic E-state index is -0.527. The maximum Gasteiger partial charge on any atom is 0.255 e. The van der Waals surface area contributed by atoms with Crippen LogP contribution in [0.4, 0.5) is 15.8 Å². The Morgan fingerprint density at radius 3 is 2.55 bits per heavy atom. The molecule has 3 aromatic rings. The number of anilines is 2. The summed E-state index contributed by atoms with van der Waals surface area (Å²) in [7, 11) is 0. The summed E-state index contributed by atoms with van der Waals surface area (Å²) in [5, 5.41) is 13.9. The number of halogens is 1. The van der Waals surface area contributed by atoms with Gasteiger partial charge in [-0.05, 0) is 73.2 Å². The molecule has 3 rings (SSSR count). The van der Waals surface area contributed by atoms with Crippen molar-refractivity contribution >= 4 is 17.3 Å². The topological polar surface area (TPSA) is 75.9 Å². The standard InChI is InChI=1S/C21H25FN6O/c1-4-6-13-27(5-2)17-9-7-16(8-10-17)21(29)23-20-14-18(11-12-19(20)22)28-15(3)24-25-26-28/h7-12,14H,4-6,13H2,1-3H3,(H,23,29). The Kier molecular flexibility index (Phi) is 6.54. The van der Waals surface area contributed by atoms with E-state index in [0.717, 1.165) is 31.6 Å². The number of nitrogens with zero attached hydrogens (tertiary/aromatic N) is 5. The summed E-state index contributed by atoms with van der Waals surface area (Å²) >= 11 is 0. The molecule has 7 nitrogen and oxygen atoms in total. The van der Waals surface area contributed by atoms with Gasteiger partial charge in [0.2, 0.25) is 0 Å². The molecule has 0 aliphatic rings. The lowest BCUT2D eigenvalue weighted by Gasteiger charge is -2.23. The van der Waals surface area contributed by atoms with Gasteiger partial charge in [-0.1, -0.05) is 13.3 Å². The normalized spacial score (nSPS) is 10.8. The third-order valence-corrected chi connectivity index (χ3v) is 4.73. The van der Waals surface area contributed by atoms with E-state index in [4.69, 9.17) is 0 Å². The first-order valence-electron chi connectivity index (χ1n) is 9.74. The van der Waals surface area contributed by atoms with Crippen molar-refractivity contribution in [1.82, 2.24) is 20.2 Å². The third kappa shape index (κ3) is 4.77. The second-order valence-corrected chi connectivity index (χ2v) is 6.74. The van der Waals surface area contributed by atoms with Crippen molar-refractivity contribution in [3.8, 4) is 5.69 Å². The SMILES string of the molecule is CCCCN(CC)c1ccc(C(=O)Nc2cc(-n3nnnc3C)ccc2F)cc1. The summed E-state index contributed by atoms with van der Waals surface area (Å²) in [5.41, 5.74) is 2.17. The fourth-order valence-electron chi connectivity index (χ4n) is 3.05.